The third-order valence-electron chi connectivity index (χ3n) is 5.11. The minimum absolute atomic E-state index is 0.664. The highest BCUT2D eigenvalue weighted by atomic mass is 15.2. The first-order chi connectivity index (χ1) is 13.7. The van der Waals surface area contributed by atoms with Crippen molar-refractivity contribution in [1.82, 2.24) is 15.1 Å². The first-order valence-corrected chi connectivity index (χ1v) is 10.3. The highest BCUT2D eigenvalue weighted by Gasteiger charge is 2.11. The Hall–Kier alpha value is -2.37. The number of likely N-dealkylation sites (N-methyl/N-ethyl adjacent to an activating group) is 1. The monoisotopic (exact) mass is 379 g/mol. The molecule has 3 rings (SSSR count). The van der Waals surface area contributed by atoms with Crippen LogP contribution in [0.5, 0.6) is 0 Å². The van der Waals surface area contributed by atoms with Crippen molar-refractivity contribution in [3.05, 3.63) is 65.7 Å². The molecule has 2 aromatic carbocycles. The molecule has 0 aliphatic carbocycles. The lowest BCUT2D eigenvalue weighted by Crippen LogP contribution is -2.39. The zero-order valence-corrected chi connectivity index (χ0v) is 17.2. The Morgan fingerprint density at radius 3 is 2.54 bits per heavy atom. The topological polar surface area (TPSA) is 42.9 Å². The summed E-state index contributed by atoms with van der Waals surface area (Å²) in [6.45, 7) is 9.35. The lowest BCUT2D eigenvalue weighted by atomic mass is 10.1. The van der Waals surface area contributed by atoms with Gasteiger partial charge in [0.1, 0.15) is 0 Å². The summed E-state index contributed by atoms with van der Waals surface area (Å²) < 4.78 is 0. The lowest BCUT2D eigenvalue weighted by molar-refractivity contribution is 0.280. The Morgan fingerprint density at radius 1 is 0.964 bits per heavy atom. The molecule has 0 bridgehead atoms. The van der Waals surface area contributed by atoms with Crippen molar-refractivity contribution in [2.75, 3.05) is 51.6 Å². The minimum atomic E-state index is 0.664. The van der Waals surface area contributed by atoms with Gasteiger partial charge in [-0.05, 0) is 51.2 Å². The van der Waals surface area contributed by atoms with Gasteiger partial charge in [-0.1, -0.05) is 48.0 Å². The number of rotatable bonds is 6. The Bertz CT molecular complexity index is 726. The fourth-order valence-corrected chi connectivity index (χ4v) is 3.32. The molecule has 1 fully saturated rings. The van der Waals surface area contributed by atoms with Crippen LogP contribution in [0.3, 0.4) is 0 Å². The molecule has 0 spiro atoms. The van der Waals surface area contributed by atoms with Gasteiger partial charge in [-0.3, -0.25) is 0 Å². The maximum atomic E-state index is 4.80. The van der Waals surface area contributed by atoms with Crippen molar-refractivity contribution < 1.29 is 0 Å². The molecule has 2 aromatic rings. The molecule has 150 valence electrons. The number of para-hydroxylation sites is 1. The molecule has 1 heterocycles. The van der Waals surface area contributed by atoms with Gasteiger partial charge in [0.05, 0.1) is 6.54 Å². The molecule has 0 amide bonds. The third kappa shape index (κ3) is 6.98. The zero-order chi connectivity index (χ0) is 19.6. The van der Waals surface area contributed by atoms with E-state index in [2.05, 4.69) is 70.8 Å². The zero-order valence-electron chi connectivity index (χ0n) is 17.2. The predicted molar refractivity (Wildman–Crippen MR) is 119 cm³/mol. The predicted octanol–water partition coefficient (Wildman–Crippen LogP) is 3.19. The number of guanidine groups is 1. The smallest absolute Gasteiger partial charge is 0.196 e. The quantitative estimate of drug-likeness (QED) is 0.598. The average Bonchev–Trinajstić information content (AvgIpc) is 2.92. The summed E-state index contributed by atoms with van der Waals surface area (Å²) in [6.07, 6.45) is 1.24. The van der Waals surface area contributed by atoms with E-state index in [1.165, 1.54) is 30.6 Å². The molecular weight excluding hydrogens is 346 g/mol. The number of anilines is 1. The number of hydrogen-bond acceptors (Lipinski definition) is 3. The van der Waals surface area contributed by atoms with E-state index in [0.29, 0.717) is 6.54 Å². The summed E-state index contributed by atoms with van der Waals surface area (Å²) in [7, 11) is 2.21. The van der Waals surface area contributed by atoms with Crippen LogP contribution < -0.4 is 10.6 Å². The molecular formula is C23H33N5. The number of aliphatic imine (C=N–C) groups is 1. The molecule has 0 aromatic heterocycles. The summed E-state index contributed by atoms with van der Waals surface area (Å²) in [5, 5.41) is 6.94. The first-order valence-electron chi connectivity index (χ1n) is 10.3. The van der Waals surface area contributed by atoms with E-state index >= 15 is 0 Å². The summed E-state index contributed by atoms with van der Waals surface area (Å²) in [5.74, 6) is 0.832. The molecule has 1 saturated heterocycles. The Balaban J connectivity index is 1.57. The molecule has 5 nitrogen and oxygen atoms in total. The van der Waals surface area contributed by atoms with E-state index in [9.17, 15) is 0 Å². The lowest BCUT2D eigenvalue weighted by Gasteiger charge is -2.21. The summed E-state index contributed by atoms with van der Waals surface area (Å²) in [6, 6.07) is 18.8. The van der Waals surface area contributed by atoms with Gasteiger partial charge < -0.3 is 20.4 Å². The van der Waals surface area contributed by atoms with Gasteiger partial charge in [0.15, 0.2) is 5.96 Å². The molecule has 1 aliphatic rings. The van der Waals surface area contributed by atoms with Gasteiger partial charge >= 0.3 is 0 Å². The minimum Gasteiger partial charge on any atom is -0.355 e. The number of benzene rings is 2. The van der Waals surface area contributed by atoms with Crippen molar-refractivity contribution in [1.29, 1.82) is 0 Å². The normalized spacial score (nSPS) is 16.6. The maximum absolute atomic E-state index is 4.80. The van der Waals surface area contributed by atoms with Gasteiger partial charge in [-0.15, -0.1) is 0 Å². The van der Waals surface area contributed by atoms with Crippen molar-refractivity contribution in [3.8, 4) is 0 Å². The van der Waals surface area contributed by atoms with E-state index in [4.69, 9.17) is 4.99 Å². The first kappa shape index (κ1) is 20.4. The van der Waals surface area contributed by atoms with Crippen molar-refractivity contribution in [2.45, 2.75) is 19.9 Å². The van der Waals surface area contributed by atoms with Crippen molar-refractivity contribution in [3.63, 3.8) is 0 Å². The highest BCUT2D eigenvalue weighted by molar-refractivity contribution is 5.93. The fourth-order valence-electron chi connectivity index (χ4n) is 3.32. The fraction of sp³-hybridized carbons (Fsp3) is 0.435. The van der Waals surface area contributed by atoms with Gasteiger partial charge in [-0.2, -0.15) is 0 Å². The number of aryl methyl sites for hydroxylation is 1. The second-order valence-electron chi connectivity index (χ2n) is 7.57. The molecule has 2 N–H and O–H groups in total. The van der Waals surface area contributed by atoms with Crippen LogP contribution in [0.25, 0.3) is 0 Å². The molecule has 0 radical (unpaired) electrons. The van der Waals surface area contributed by atoms with Gasteiger partial charge in [0.25, 0.3) is 0 Å². The number of hydrogen-bond donors (Lipinski definition) is 2. The second kappa shape index (κ2) is 10.8. The standard InChI is InChI=1S/C23H33N5/c1-20-9-11-21(12-10-20)19-25-23(26-22-7-4-3-5-8-22)24-13-16-28-15-6-14-27(2)17-18-28/h3-5,7-12H,6,13-19H2,1-2H3,(H2,24,25,26). The van der Waals surface area contributed by atoms with Crippen LogP contribution in [0.1, 0.15) is 17.5 Å². The Morgan fingerprint density at radius 2 is 1.75 bits per heavy atom. The van der Waals surface area contributed by atoms with E-state index in [0.717, 1.165) is 37.8 Å². The van der Waals surface area contributed by atoms with Crippen LogP contribution in [-0.4, -0.2) is 62.1 Å². The maximum Gasteiger partial charge on any atom is 0.196 e. The molecule has 28 heavy (non-hydrogen) atoms. The van der Waals surface area contributed by atoms with Crippen LogP contribution in [0, 0.1) is 6.92 Å². The number of nitrogens with zero attached hydrogens (tertiary/aromatic N) is 3. The second-order valence-corrected chi connectivity index (χ2v) is 7.57. The molecule has 0 saturated carbocycles. The van der Waals surface area contributed by atoms with E-state index in [1.807, 2.05) is 18.2 Å². The average molecular weight is 380 g/mol. The third-order valence-corrected chi connectivity index (χ3v) is 5.11. The van der Waals surface area contributed by atoms with Crippen LogP contribution in [0.4, 0.5) is 5.69 Å². The summed E-state index contributed by atoms with van der Waals surface area (Å²) in [5.41, 5.74) is 3.54. The van der Waals surface area contributed by atoms with Gasteiger partial charge in [0.2, 0.25) is 0 Å². The van der Waals surface area contributed by atoms with E-state index in [1.54, 1.807) is 0 Å². The highest BCUT2D eigenvalue weighted by Crippen LogP contribution is 2.07. The van der Waals surface area contributed by atoms with Crippen LogP contribution in [-0.2, 0) is 6.54 Å². The molecule has 0 atom stereocenters. The van der Waals surface area contributed by atoms with E-state index < -0.39 is 0 Å². The largest absolute Gasteiger partial charge is 0.355 e. The van der Waals surface area contributed by atoms with Gasteiger partial charge in [-0.25, -0.2) is 4.99 Å². The van der Waals surface area contributed by atoms with Crippen LogP contribution >= 0.6 is 0 Å². The molecule has 5 heteroatoms. The molecule has 1 aliphatic heterocycles. The van der Waals surface area contributed by atoms with Gasteiger partial charge in [0, 0.05) is 31.9 Å². The Labute approximate surface area is 169 Å². The summed E-state index contributed by atoms with van der Waals surface area (Å²) in [4.78, 5) is 9.75. The van der Waals surface area contributed by atoms with Crippen LogP contribution in [0.2, 0.25) is 0 Å². The van der Waals surface area contributed by atoms with Crippen molar-refractivity contribution >= 4 is 11.6 Å². The summed E-state index contributed by atoms with van der Waals surface area (Å²) >= 11 is 0. The van der Waals surface area contributed by atoms with Crippen LogP contribution in [0.15, 0.2) is 59.6 Å². The van der Waals surface area contributed by atoms with E-state index in [-0.39, 0.29) is 0 Å². The Kier molecular flexibility index (Phi) is 7.88. The van der Waals surface area contributed by atoms with Crippen molar-refractivity contribution in [2.24, 2.45) is 4.99 Å². The SMILES string of the molecule is Cc1ccc(CN=C(NCCN2CCCN(C)CC2)Nc2ccccc2)cc1. The number of nitrogens with one attached hydrogen (secondary N) is 2. The molecule has 0 unspecified atom stereocenters.